The lowest BCUT2D eigenvalue weighted by Crippen LogP contribution is -2.52. The topological polar surface area (TPSA) is 61.4 Å². The van der Waals surface area contributed by atoms with Gasteiger partial charge in [-0.25, -0.2) is 4.79 Å². The number of amides is 2. The molecule has 4 saturated carbocycles. The summed E-state index contributed by atoms with van der Waals surface area (Å²) in [6.45, 7) is 1.84. The third-order valence-corrected chi connectivity index (χ3v) is 5.91. The van der Waals surface area contributed by atoms with Gasteiger partial charge in [0.2, 0.25) is 0 Å². The van der Waals surface area contributed by atoms with Gasteiger partial charge in [-0.3, -0.25) is 0 Å². The van der Waals surface area contributed by atoms with Crippen molar-refractivity contribution in [1.29, 1.82) is 0 Å². The molecule has 4 heteroatoms. The molecule has 3 N–H and O–H groups in total. The van der Waals surface area contributed by atoms with E-state index in [-0.39, 0.29) is 12.6 Å². The summed E-state index contributed by atoms with van der Waals surface area (Å²) in [4.78, 5) is 11.9. The van der Waals surface area contributed by atoms with E-state index in [9.17, 15) is 4.79 Å². The van der Waals surface area contributed by atoms with Crippen LogP contribution in [0.4, 0.5) is 4.79 Å². The first-order valence-corrected chi connectivity index (χ1v) is 8.82. The highest BCUT2D eigenvalue weighted by Gasteiger charge is 2.50. The van der Waals surface area contributed by atoms with Gasteiger partial charge in [0.05, 0.1) is 0 Å². The average molecular weight is 294 g/mol. The molecule has 0 radical (unpaired) electrons. The molecule has 2 amide bonds. The maximum absolute atomic E-state index is 11.9. The van der Waals surface area contributed by atoms with Gasteiger partial charge in [-0.15, -0.1) is 0 Å². The van der Waals surface area contributed by atoms with E-state index >= 15 is 0 Å². The summed E-state index contributed by atoms with van der Waals surface area (Å²) in [5.41, 5.74) is 0.420. The number of carbonyl (C=O) groups is 1. The molecule has 21 heavy (non-hydrogen) atoms. The Morgan fingerprint density at radius 3 is 2.14 bits per heavy atom. The van der Waals surface area contributed by atoms with Crippen LogP contribution >= 0.6 is 0 Å². The summed E-state index contributed by atoms with van der Waals surface area (Å²) >= 11 is 0. The van der Waals surface area contributed by atoms with Gasteiger partial charge in [-0.2, -0.15) is 0 Å². The summed E-state index contributed by atoms with van der Waals surface area (Å²) in [7, 11) is 0. The first-order valence-electron chi connectivity index (χ1n) is 8.82. The predicted octanol–water partition coefficient (Wildman–Crippen LogP) is 2.66. The highest BCUT2D eigenvalue weighted by molar-refractivity contribution is 5.73. The molecule has 4 rings (SSSR count). The normalized spacial score (nSPS) is 36.7. The van der Waals surface area contributed by atoms with Crippen LogP contribution in [0.25, 0.3) is 0 Å². The fourth-order valence-electron chi connectivity index (χ4n) is 5.45. The minimum atomic E-state index is -0.00487. The van der Waals surface area contributed by atoms with Gasteiger partial charge < -0.3 is 15.7 Å². The van der Waals surface area contributed by atoms with Crippen LogP contribution < -0.4 is 10.6 Å². The Morgan fingerprint density at radius 2 is 1.57 bits per heavy atom. The molecule has 4 fully saturated rings. The molecule has 0 aromatic rings. The monoisotopic (exact) mass is 294 g/mol. The van der Waals surface area contributed by atoms with E-state index in [4.69, 9.17) is 5.11 Å². The van der Waals surface area contributed by atoms with Crippen LogP contribution in [0.5, 0.6) is 0 Å². The second-order valence-electron chi connectivity index (χ2n) is 7.81. The van der Waals surface area contributed by atoms with Gasteiger partial charge in [-0.05, 0) is 81.0 Å². The third kappa shape index (κ3) is 3.71. The average Bonchev–Trinajstić information content (AvgIpc) is 2.44. The van der Waals surface area contributed by atoms with Crippen LogP contribution in [0.1, 0.15) is 57.8 Å². The molecule has 4 aliphatic carbocycles. The Labute approximate surface area is 128 Å². The number of hydrogen-bond acceptors (Lipinski definition) is 2. The maximum Gasteiger partial charge on any atom is 0.314 e. The zero-order valence-corrected chi connectivity index (χ0v) is 13.1. The van der Waals surface area contributed by atoms with Gasteiger partial charge in [0, 0.05) is 19.7 Å². The van der Waals surface area contributed by atoms with Crippen molar-refractivity contribution >= 4 is 6.03 Å². The zero-order valence-electron chi connectivity index (χ0n) is 13.1. The molecule has 0 spiro atoms. The standard InChI is InChI=1S/C17H30N2O2/c20-5-3-1-2-4-18-16(21)19-12-17-9-13-6-14(10-17)8-15(7-13)11-17/h13-15,20H,1-12H2,(H2,18,19,21). The molecule has 0 heterocycles. The lowest BCUT2D eigenvalue weighted by Gasteiger charge is -2.56. The minimum Gasteiger partial charge on any atom is -0.396 e. The number of aliphatic hydroxyl groups is 1. The smallest absolute Gasteiger partial charge is 0.314 e. The number of nitrogens with one attached hydrogen (secondary N) is 2. The van der Waals surface area contributed by atoms with E-state index in [1.807, 2.05) is 0 Å². The van der Waals surface area contributed by atoms with Gasteiger partial charge in [0.15, 0.2) is 0 Å². The molecule has 0 aliphatic heterocycles. The molecule has 0 aromatic heterocycles. The maximum atomic E-state index is 11.9. The van der Waals surface area contributed by atoms with Crippen molar-refractivity contribution in [2.45, 2.75) is 57.8 Å². The molecular formula is C17H30N2O2. The number of unbranched alkanes of at least 4 members (excludes halogenated alkanes) is 2. The largest absolute Gasteiger partial charge is 0.396 e. The summed E-state index contributed by atoms with van der Waals surface area (Å²) in [6, 6.07) is -0.00487. The lowest BCUT2D eigenvalue weighted by atomic mass is 9.49. The van der Waals surface area contributed by atoms with Crippen molar-refractivity contribution in [3.63, 3.8) is 0 Å². The molecule has 0 aromatic carbocycles. The van der Waals surface area contributed by atoms with E-state index in [0.717, 1.165) is 43.6 Å². The first kappa shape index (κ1) is 15.1. The molecule has 4 bridgehead atoms. The fourth-order valence-corrected chi connectivity index (χ4v) is 5.45. The van der Waals surface area contributed by atoms with Gasteiger partial charge in [-0.1, -0.05) is 0 Å². The van der Waals surface area contributed by atoms with Crippen molar-refractivity contribution < 1.29 is 9.90 Å². The van der Waals surface area contributed by atoms with Crippen LogP contribution in [0.2, 0.25) is 0 Å². The van der Waals surface area contributed by atoms with Crippen molar-refractivity contribution in [3.05, 3.63) is 0 Å². The molecule has 0 atom stereocenters. The van der Waals surface area contributed by atoms with E-state index in [2.05, 4.69) is 10.6 Å². The van der Waals surface area contributed by atoms with Gasteiger partial charge >= 0.3 is 6.03 Å². The zero-order chi connectivity index (χ0) is 14.7. The van der Waals surface area contributed by atoms with Crippen molar-refractivity contribution in [3.8, 4) is 0 Å². The SMILES string of the molecule is O=C(NCCCCCO)NCC12CC3CC(CC(C3)C1)C2. The molecular weight excluding hydrogens is 264 g/mol. The summed E-state index contributed by atoms with van der Waals surface area (Å²) < 4.78 is 0. The Bertz CT molecular complexity index is 335. The minimum absolute atomic E-state index is 0.00487. The van der Waals surface area contributed by atoms with E-state index in [0.29, 0.717) is 12.0 Å². The molecule has 4 nitrogen and oxygen atoms in total. The number of hydrogen-bond donors (Lipinski definition) is 3. The van der Waals surface area contributed by atoms with Crippen molar-refractivity contribution in [2.24, 2.45) is 23.2 Å². The number of carbonyl (C=O) groups excluding carboxylic acids is 1. The van der Waals surface area contributed by atoms with Crippen LogP contribution in [-0.4, -0.2) is 30.8 Å². The number of urea groups is 1. The van der Waals surface area contributed by atoms with Crippen molar-refractivity contribution in [2.75, 3.05) is 19.7 Å². The Balaban J connectivity index is 1.38. The second-order valence-corrected chi connectivity index (χ2v) is 7.81. The summed E-state index contributed by atoms with van der Waals surface area (Å²) in [6.07, 6.45) is 11.2. The van der Waals surface area contributed by atoms with Gasteiger partial charge in [0.25, 0.3) is 0 Å². The third-order valence-electron chi connectivity index (χ3n) is 5.91. The fraction of sp³-hybridized carbons (Fsp3) is 0.941. The second kappa shape index (κ2) is 6.55. The molecule has 120 valence electrons. The summed E-state index contributed by atoms with van der Waals surface area (Å²) in [5, 5.41) is 14.8. The Morgan fingerprint density at radius 1 is 0.952 bits per heavy atom. The van der Waals surface area contributed by atoms with Crippen LogP contribution in [-0.2, 0) is 0 Å². The van der Waals surface area contributed by atoms with Crippen LogP contribution in [0.3, 0.4) is 0 Å². The highest BCUT2D eigenvalue weighted by Crippen LogP contribution is 2.59. The van der Waals surface area contributed by atoms with E-state index < -0.39 is 0 Å². The number of rotatable bonds is 7. The van der Waals surface area contributed by atoms with E-state index in [1.54, 1.807) is 0 Å². The molecule has 0 unspecified atom stereocenters. The van der Waals surface area contributed by atoms with E-state index in [1.165, 1.54) is 38.5 Å². The van der Waals surface area contributed by atoms with Crippen LogP contribution in [0.15, 0.2) is 0 Å². The lowest BCUT2D eigenvalue weighted by molar-refractivity contribution is -0.0498. The summed E-state index contributed by atoms with van der Waals surface area (Å²) in [5.74, 6) is 2.83. The molecule has 4 aliphatic rings. The molecule has 0 saturated heterocycles. The van der Waals surface area contributed by atoms with Gasteiger partial charge in [0.1, 0.15) is 0 Å². The van der Waals surface area contributed by atoms with Crippen molar-refractivity contribution in [1.82, 2.24) is 10.6 Å². The Hall–Kier alpha value is -0.770. The number of aliphatic hydroxyl groups excluding tert-OH is 1. The highest BCUT2D eigenvalue weighted by atomic mass is 16.2. The van der Waals surface area contributed by atoms with Crippen LogP contribution in [0, 0.1) is 23.2 Å². The first-order chi connectivity index (χ1) is 10.2. The Kier molecular flexibility index (Phi) is 4.72. The quantitative estimate of drug-likeness (QED) is 0.632. The predicted molar refractivity (Wildman–Crippen MR) is 82.9 cm³/mol.